The Morgan fingerprint density at radius 1 is 1.20 bits per heavy atom. The summed E-state index contributed by atoms with van der Waals surface area (Å²) in [5.41, 5.74) is 3.22. The highest BCUT2D eigenvalue weighted by molar-refractivity contribution is 5.77. The summed E-state index contributed by atoms with van der Waals surface area (Å²) in [5.74, 6) is 1.26. The molecule has 0 atom stereocenters. The maximum atomic E-state index is 13.0. The quantitative estimate of drug-likeness (QED) is 0.618. The van der Waals surface area contributed by atoms with Gasteiger partial charge in [-0.2, -0.15) is 0 Å². The highest BCUT2D eigenvalue weighted by Gasteiger charge is 2.20. The number of fused-ring (bicyclic) bond motifs is 1. The zero-order valence-corrected chi connectivity index (χ0v) is 14.3. The summed E-state index contributed by atoms with van der Waals surface area (Å²) in [7, 11) is 0. The molecule has 0 spiro atoms. The molecule has 1 N–H and O–H groups in total. The molecule has 0 aliphatic rings. The van der Waals surface area contributed by atoms with E-state index in [0.29, 0.717) is 22.8 Å². The van der Waals surface area contributed by atoms with Gasteiger partial charge in [-0.05, 0) is 12.5 Å². The molecule has 4 rings (SSSR count). The maximum absolute atomic E-state index is 13.0. The van der Waals surface area contributed by atoms with Gasteiger partial charge < -0.3 is 4.42 Å². The fourth-order valence-electron chi connectivity index (χ4n) is 2.87. The highest BCUT2D eigenvalue weighted by atomic mass is 16.4. The minimum Gasteiger partial charge on any atom is -0.441 e. The van der Waals surface area contributed by atoms with Gasteiger partial charge >= 0.3 is 0 Å². The molecule has 0 saturated carbocycles. The lowest BCUT2D eigenvalue weighted by Crippen LogP contribution is -2.19. The minimum absolute atomic E-state index is 0.205. The van der Waals surface area contributed by atoms with Crippen LogP contribution in [-0.2, 0) is 0 Å². The number of aryl methyl sites for hydroxylation is 1. The fourth-order valence-corrected chi connectivity index (χ4v) is 2.87. The normalized spacial score (nSPS) is 11.5. The van der Waals surface area contributed by atoms with Crippen molar-refractivity contribution >= 4 is 5.65 Å². The van der Waals surface area contributed by atoms with Crippen molar-refractivity contribution in [3.8, 4) is 22.6 Å². The Kier molecular flexibility index (Phi) is 3.53. The number of H-pyrrole nitrogens is 1. The van der Waals surface area contributed by atoms with E-state index in [1.54, 1.807) is 19.3 Å². The number of aromatic nitrogens is 4. The van der Waals surface area contributed by atoms with E-state index in [1.165, 1.54) is 4.52 Å². The second-order valence-electron chi connectivity index (χ2n) is 6.31. The van der Waals surface area contributed by atoms with Crippen LogP contribution in [0.2, 0.25) is 0 Å². The Hall–Kier alpha value is -3.15. The van der Waals surface area contributed by atoms with Crippen LogP contribution >= 0.6 is 0 Å². The molecule has 4 aromatic rings. The average molecular weight is 334 g/mol. The first kappa shape index (κ1) is 15.4. The van der Waals surface area contributed by atoms with E-state index in [4.69, 9.17) is 4.42 Å². The Bertz CT molecular complexity index is 1100. The third kappa shape index (κ3) is 2.46. The average Bonchev–Trinajstić information content (AvgIpc) is 3.23. The van der Waals surface area contributed by atoms with Crippen LogP contribution in [0.25, 0.3) is 28.2 Å². The zero-order chi connectivity index (χ0) is 17.6. The van der Waals surface area contributed by atoms with Crippen LogP contribution in [0.15, 0.2) is 51.9 Å². The molecule has 3 aromatic heterocycles. The molecule has 0 bridgehead atoms. The van der Waals surface area contributed by atoms with Crippen LogP contribution in [0, 0.1) is 6.92 Å². The monoisotopic (exact) mass is 334 g/mol. The first-order chi connectivity index (χ1) is 12.1. The SMILES string of the molecule is Cc1nc2c(-c3ccccc3)c[nH]n2c(=O)c1-c1ncc(C(C)C)o1. The number of hydrogen-bond donors (Lipinski definition) is 1. The molecule has 126 valence electrons. The van der Waals surface area contributed by atoms with Gasteiger partial charge in [0, 0.05) is 17.7 Å². The Labute approximate surface area is 144 Å². The number of benzene rings is 1. The van der Waals surface area contributed by atoms with Crippen LogP contribution in [0.4, 0.5) is 0 Å². The third-order valence-corrected chi connectivity index (χ3v) is 4.23. The van der Waals surface area contributed by atoms with Gasteiger partial charge in [0.2, 0.25) is 5.89 Å². The van der Waals surface area contributed by atoms with E-state index < -0.39 is 0 Å². The minimum atomic E-state index is -0.221. The standard InChI is InChI=1S/C19H18N4O2/c1-11(2)15-10-20-18(25-15)16-12(3)22-17-14(9-21-23(17)19(16)24)13-7-5-4-6-8-13/h4-11,21H,1-3H3. The lowest BCUT2D eigenvalue weighted by molar-refractivity contribution is 0.494. The van der Waals surface area contributed by atoms with Gasteiger partial charge in [0.1, 0.15) is 11.3 Å². The van der Waals surface area contributed by atoms with Crippen molar-refractivity contribution in [1.29, 1.82) is 0 Å². The fraction of sp³-hybridized carbons (Fsp3) is 0.211. The predicted molar refractivity (Wildman–Crippen MR) is 95.6 cm³/mol. The molecule has 25 heavy (non-hydrogen) atoms. The van der Waals surface area contributed by atoms with E-state index in [1.807, 2.05) is 44.2 Å². The van der Waals surface area contributed by atoms with Gasteiger partial charge in [-0.3, -0.25) is 9.89 Å². The molecular formula is C19H18N4O2. The summed E-state index contributed by atoms with van der Waals surface area (Å²) < 4.78 is 7.19. The number of rotatable bonds is 3. The van der Waals surface area contributed by atoms with Gasteiger partial charge in [-0.25, -0.2) is 14.5 Å². The molecule has 1 aromatic carbocycles. The lowest BCUT2D eigenvalue weighted by atomic mass is 10.1. The van der Waals surface area contributed by atoms with Crippen molar-refractivity contribution < 1.29 is 4.42 Å². The van der Waals surface area contributed by atoms with Crippen LogP contribution < -0.4 is 5.56 Å². The maximum Gasteiger partial charge on any atom is 0.285 e. The van der Waals surface area contributed by atoms with Gasteiger partial charge in [0.05, 0.1) is 11.9 Å². The van der Waals surface area contributed by atoms with E-state index >= 15 is 0 Å². The van der Waals surface area contributed by atoms with E-state index in [2.05, 4.69) is 15.1 Å². The molecule has 3 heterocycles. The number of nitrogens with zero attached hydrogens (tertiary/aromatic N) is 3. The predicted octanol–water partition coefficient (Wildman–Crippen LogP) is 3.78. The Balaban J connectivity index is 1.93. The van der Waals surface area contributed by atoms with Crippen molar-refractivity contribution in [3.05, 3.63) is 64.5 Å². The van der Waals surface area contributed by atoms with Gasteiger partial charge in [-0.1, -0.05) is 44.2 Å². The van der Waals surface area contributed by atoms with Crippen molar-refractivity contribution in [2.45, 2.75) is 26.7 Å². The highest BCUT2D eigenvalue weighted by Crippen LogP contribution is 2.26. The summed E-state index contributed by atoms with van der Waals surface area (Å²) >= 11 is 0. The summed E-state index contributed by atoms with van der Waals surface area (Å²) in [6.07, 6.45) is 3.45. The first-order valence-corrected chi connectivity index (χ1v) is 8.18. The summed E-state index contributed by atoms with van der Waals surface area (Å²) in [6, 6.07) is 9.84. The first-order valence-electron chi connectivity index (χ1n) is 8.18. The number of hydrogen-bond acceptors (Lipinski definition) is 4. The molecule has 0 saturated heterocycles. The molecule has 0 aliphatic heterocycles. The second-order valence-corrected chi connectivity index (χ2v) is 6.31. The smallest absolute Gasteiger partial charge is 0.285 e. The van der Waals surface area contributed by atoms with Crippen molar-refractivity contribution in [1.82, 2.24) is 19.6 Å². The molecule has 0 radical (unpaired) electrons. The summed E-state index contributed by atoms with van der Waals surface area (Å²) in [5, 5.41) is 2.99. The van der Waals surface area contributed by atoms with E-state index in [9.17, 15) is 4.79 Å². The molecule has 6 heteroatoms. The van der Waals surface area contributed by atoms with Gasteiger partial charge in [-0.15, -0.1) is 0 Å². The zero-order valence-electron chi connectivity index (χ0n) is 14.3. The van der Waals surface area contributed by atoms with Gasteiger partial charge in [0.25, 0.3) is 5.56 Å². The molecular weight excluding hydrogens is 316 g/mol. The van der Waals surface area contributed by atoms with Crippen molar-refractivity contribution in [2.24, 2.45) is 0 Å². The van der Waals surface area contributed by atoms with E-state index in [0.717, 1.165) is 16.9 Å². The van der Waals surface area contributed by atoms with Crippen LogP contribution in [0.1, 0.15) is 31.2 Å². The molecule has 6 nitrogen and oxygen atoms in total. The van der Waals surface area contributed by atoms with Crippen molar-refractivity contribution in [3.63, 3.8) is 0 Å². The topological polar surface area (TPSA) is 76.2 Å². The van der Waals surface area contributed by atoms with Gasteiger partial charge in [0.15, 0.2) is 5.65 Å². The van der Waals surface area contributed by atoms with Crippen LogP contribution in [0.3, 0.4) is 0 Å². The number of nitrogens with one attached hydrogen (secondary N) is 1. The van der Waals surface area contributed by atoms with Crippen LogP contribution in [-0.4, -0.2) is 19.6 Å². The molecule has 0 fully saturated rings. The Morgan fingerprint density at radius 2 is 1.96 bits per heavy atom. The lowest BCUT2D eigenvalue weighted by Gasteiger charge is -2.04. The Morgan fingerprint density at radius 3 is 2.64 bits per heavy atom. The number of aromatic amines is 1. The molecule has 0 aliphatic carbocycles. The largest absolute Gasteiger partial charge is 0.441 e. The van der Waals surface area contributed by atoms with Crippen LogP contribution in [0.5, 0.6) is 0 Å². The summed E-state index contributed by atoms with van der Waals surface area (Å²) in [6.45, 7) is 5.84. The molecule has 0 unspecified atom stereocenters. The summed E-state index contributed by atoms with van der Waals surface area (Å²) in [4.78, 5) is 21.9. The second kappa shape index (κ2) is 5.73. The molecule has 0 amide bonds. The van der Waals surface area contributed by atoms with Crippen molar-refractivity contribution in [2.75, 3.05) is 0 Å². The van der Waals surface area contributed by atoms with E-state index in [-0.39, 0.29) is 11.5 Å². The third-order valence-electron chi connectivity index (χ3n) is 4.23. The number of oxazole rings is 1.